The number of hydrogen-bond acceptors (Lipinski definition) is 4. The predicted molar refractivity (Wildman–Crippen MR) is 52.5 cm³/mol. The average molecular weight is 220 g/mol. The van der Waals surface area contributed by atoms with Crippen molar-refractivity contribution in [2.75, 3.05) is 0 Å². The maximum Gasteiger partial charge on any atom is 0.393 e. The fraction of sp³-hybridized carbons (Fsp3) is 1.00. The molecular formula is C4H10O2P2S2+2. The van der Waals surface area contributed by atoms with Crippen molar-refractivity contribution in [3.05, 3.63) is 0 Å². The van der Waals surface area contributed by atoms with Crippen molar-refractivity contribution in [3.8, 4) is 0 Å². The highest BCUT2D eigenvalue weighted by Crippen LogP contribution is 2.13. The molecular weight excluding hydrogens is 206 g/mol. The van der Waals surface area contributed by atoms with Crippen LogP contribution >= 0.6 is 15.1 Å². The Hall–Kier alpha value is 0.960. The molecule has 0 aliphatic rings. The molecule has 0 spiro atoms. The summed E-state index contributed by atoms with van der Waals surface area (Å²) in [7, 11) is -3.06. The van der Waals surface area contributed by atoms with E-state index in [1.165, 1.54) is 0 Å². The van der Waals surface area contributed by atoms with Crippen LogP contribution in [0.4, 0.5) is 0 Å². The first-order chi connectivity index (χ1) is 5.43. The molecule has 4 atom stereocenters. The van der Waals surface area contributed by atoms with Crippen LogP contribution in [-0.4, -0.2) is 14.8 Å². The Kier molecular flexibility index (Phi) is 5.06. The minimum Gasteiger partial charge on any atom is -0.164 e. The van der Waals surface area contributed by atoms with E-state index in [0.717, 1.165) is 0 Å². The first-order valence-electron chi connectivity index (χ1n) is 3.58. The van der Waals surface area contributed by atoms with Gasteiger partial charge >= 0.3 is 17.6 Å². The third-order valence-corrected chi connectivity index (χ3v) is 2.43. The highest BCUT2D eigenvalue weighted by molar-refractivity contribution is 7.94. The van der Waals surface area contributed by atoms with E-state index in [1.54, 1.807) is 13.8 Å². The predicted octanol–water partition coefficient (Wildman–Crippen LogP) is 1.91. The molecule has 0 saturated heterocycles. The van der Waals surface area contributed by atoms with Crippen molar-refractivity contribution in [1.82, 2.24) is 0 Å². The molecule has 0 aliphatic heterocycles. The lowest BCUT2D eigenvalue weighted by atomic mass is 10.3. The second kappa shape index (κ2) is 6.66. The van der Waals surface area contributed by atoms with Crippen LogP contribution in [0.25, 0.3) is 0 Å². The Bertz CT molecular complexity index is 172. The quantitative estimate of drug-likeness (QED) is 0.658. The Labute approximate surface area is 76.7 Å². The van der Waals surface area contributed by atoms with Gasteiger partial charge in [0, 0.05) is 0 Å². The van der Waals surface area contributed by atoms with E-state index in [9.17, 15) is 0 Å². The van der Waals surface area contributed by atoms with Gasteiger partial charge in [0.15, 0.2) is 23.6 Å². The summed E-state index contributed by atoms with van der Waals surface area (Å²) >= 11 is 9.15. The van der Waals surface area contributed by atoms with E-state index in [1.807, 2.05) is 0 Å². The molecule has 0 rings (SSSR count). The van der Waals surface area contributed by atoms with Crippen molar-refractivity contribution < 1.29 is 9.05 Å². The average Bonchev–Trinajstić information content (AvgIpc) is 1.84. The Morgan fingerprint density at radius 2 is 1.50 bits per heavy atom. The fourth-order valence-electron chi connectivity index (χ4n) is 0.307. The molecule has 0 aromatic rings. The number of rotatable bonds is 5. The van der Waals surface area contributed by atoms with E-state index >= 15 is 0 Å². The summed E-state index contributed by atoms with van der Waals surface area (Å²) in [6.07, 6.45) is -0.520. The van der Waals surface area contributed by atoms with Gasteiger partial charge in [-0.1, -0.05) is 0 Å². The molecule has 0 amide bonds. The van der Waals surface area contributed by atoms with Crippen LogP contribution in [0.2, 0.25) is 0 Å². The summed E-state index contributed by atoms with van der Waals surface area (Å²) in [5.74, 6) is 0. The van der Waals surface area contributed by atoms with Gasteiger partial charge in [0.05, 0.1) is 0 Å². The van der Waals surface area contributed by atoms with Gasteiger partial charge in [-0.25, -0.2) is 0 Å². The summed E-state index contributed by atoms with van der Waals surface area (Å²) in [5, 5.41) is 0. The lowest BCUT2D eigenvalue weighted by Crippen LogP contribution is -2.19. The van der Waals surface area contributed by atoms with Crippen LogP contribution in [-0.2, 0) is 32.7 Å². The second-order valence-corrected chi connectivity index (χ2v) is 3.38. The van der Waals surface area contributed by atoms with Crippen LogP contribution in [0, 0.1) is 0 Å². The van der Waals surface area contributed by atoms with Gasteiger partial charge in [-0.15, -0.1) is 0 Å². The number of hydrogen-bond donors (Lipinski definition) is 0. The maximum absolute atomic E-state index is 7.02. The maximum atomic E-state index is 7.02. The molecule has 0 aromatic heterocycles. The molecule has 0 heterocycles. The van der Waals surface area contributed by atoms with Gasteiger partial charge in [-0.3, -0.25) is 0 Å². The van der Waals surface area contributed by atoms with E-state index in [4.69, 9.17) is 11.6 Å². The first kappa shape index (κ1) is 7.60. The topological polar surface area (TPSA) is 18.5 Å². The largest absolute Gasteiger partial charge is 0.393 e. The molecule has 10 heavy (non-hydrogen) atoms. The third kappa shape index (κ3) is 4.73. The van der Waals surface area contributed by atoms with Crippen LogP contribution in [0.15, 0.2) is 0 Å². The van der Waals surface area contributed by atoms with Crippen molar-refractivity contribution in [2.24, 2.45) is 0 Å². The van der Waals surface area contributed by atoms with Gasteiger partial charge in [0.2, 0.25) is 0 Å². The lowest BCUT2D eigenvalue weighted by molar-refractivity contribution is 0.108. The Balaban J connectivity index is 3.83. The molecule has 6 heteroatoms. The standard InChI is InChI=1S/C4H8O2P2S2/c1-3(5-7-9)4(2)6-8-10/h3-4H,1-2H3/p+2/i/hT2. The summed E-state index contributed by atoms with van der Waals surface area (Å²) in [5.41, 5.74) is 0. The van der Waals surface area contributed by atoms with Crippen molar-refractivity contribution in [2.45, 2.75) is 26.1 Å². The zero-order chi connectivity index (χ0) is 9.72. The lowest BCUT2D eigenvalue weighted by Gasteiger charge is -2.05. The second-order valence-electron chi connectivity index (χ2n) is 1.77. The molecule has 0 radical (unpaired) electrons. The summed E-state index contributed by atoms with van der Waals surface area (Å²) in [4.78, 5) is 0. The van der Waals surface area contributed by atoms with Crippen molar-refractivity contribution in [1.29, 1.82) is 2.56 Å². The highest BCUT2D eigenvalue weighted by atomic mass is 32.4. The highest BCUT2D eigenvalue weighted by Gasteiger charge is 2.18. The fourth-order valence-corrected chi connectivity index (χ4v) is 1.74. The SMILES string of the molecule is [3H][P+](=S)OC(C)C(C)O[P+]([3H])=S. The summed E-state index contributed by atoms with van der Waals surface area (Å²) < 4.78 is 24.1. The van der Waals surface area contributed by atoms with Crippen LogP contribution in [0.5, 0.6) is 0 Å². The van der Waals surface area contributed by atoms with Gasteiger partial charge in [-0.05, 0) is 13.8 Å². The minimum absolute atomic E-state index is 0.260. The van der Waals surface area contributed by atoms with E-state index < -0.39 is 15.1 Å². The van der Waals surface area contributed by atoms with Crippen LogP contribution < -0.4 is 0 Å². The van der Waals surface area contributed by atoms with Crippen LogP contribution in [0.1, 0.15) is 13.8 Å². The van der Waals surface area contributed by atoms with E-state index in [-0.39, 0.29) is 12.2 Å². The van der Waals surface area contributed by atoms with Crippen molar-refractivity contribution >= 4 is 38.7 Å². The first-order valence-corrected chi connectivity index (χ1v) is 6.34. The molecule has 2 nitrogen and oxygen atoms in total. The van der Waals surface area contributed by atoms with Gasteiger partial charge < -0.3 is 0 Å². The smallest absolute Gasteiger partial charge is 0.164 e. The Morgan fingerprint density at radius 1 is 1.20 bits per heavy atom. The normalized spacial score (nSPS) is 22.2. The molecule has 4 unspecified atom stereocenters. The minimum atomic E-state index is -1.53. The summed E-state index contributed by atoms with van der Waals surface area (Å²) in [6.45, 7) is 3.52. The zero-order valence-electron chi connectivity index (χ0n) is 7.68. The Morgan fingerprint density at radius 3 is 1.70 bits per heavy atom. The molecule has 0 saturated carbocycles. The molecule has 0 N–H and O–H groups in total. The molecule has 58 valence electrons. The summed E-state index contributed by atoms with van der Waals surface area (Å²) in [6, 6.07) is 0. The van der Waals surface area contributed by atoms with E-state index in [2.05, 4.69) is 23.6 Å². The third-order valence-electron chi connectivity index (χ3n) is 1.08. The molecule has 0 aliphatic carbocycles. The van der Waals surface area contributed by atoms with Crippen LogP contribution in [0.3, 0.4) is 0 Å². The molecule has 0 aromatic carbocycles. The van der Waals surface area contributed by atoms with Gasteiger partial charge in [0.1, 0.15) is 12.2 Å². The van der Waals surface area contributed by atoms with E-state index in [0.29, 0.717) is 0 Å². The monoisotopic (exact) mass is 220 g/mol. The molecule has 0 fully saturated rings. The molecule has 0 bridgehead atoms. The van der Waals surface area contributed by atoms with Gasteiger partial charge in [0.25, 0.3) is 0 Å². The van der Waals surface area contributed by atoms with Gasteiger partial charge in [-0.2, -0.15) is 9.05 Å². The zero-order valence-corrected chi connectivity index (χ0v) is 9.10. The van der Waals surface area contributed by atoms with Crippen molar-refractivity contribution in [3.63, 3.8) is 0 Å².